The highest BCUT2D eigenvalue weighted by atomic mass is 127. The predicted octanol–water partition coefficient (Wildman–Crippen LogP) is 2.82. The Morgan fingerprint density at radius 3 is 2.65 bits per heavy atom. The molecule has 2 rings (SSSR count). The fraction of sp³-hybridized carbons (Fsp3) is 0.412. The number of hydrogen-bond acceptors (Lipinski definition) is 4. The van der Waals surface area contributed by atoms with Crippen molar-refractivity contribution in [3.8, 4) is 0 Å². The van der Waals surface area contributed by atoms with Crippen molar-refractivity contribution in [2.75, 3.05) is 6.54 Å². The highest BCUT2D eigenvalue weighted by Crippen LogP contribution is 2.14. The number of nitro groups is 1. The zero-order chi connectivity index (χ0) is 18.4. The summed E-state index contributed by atoms with van der Waals surface area (Å²) in [4.78, 5) is 15.0. The molecule has 142 valence electrons. The number of aromatic nitrogens is 2. The van der Waals surface area contributed by atoms with E-state index >= 15 is 0 Å². The first-order valence-corrected chi connectivity index (χ1v) is 8.17. The van der Waals surface area contributed by atoms with Gasteiger partial charge in [-0.3, -0.25) is 14.8 Å². The maximum Gasteiger partial charge on any atom is 0.269 e. The van der Waals surface area contributed by atoms with Crippen LogP contribution in [0.4, 0.5) is 5.69 Å². The van der Waals surface area contributed by atoms with Crippen molar-refractivity contribution in [1.29, 1.82) is 0 Å². The number of nitro benzene ring substituents is 1. The zero-order valence-electron chi connectivity index (χ0n) is 15.4. The topological polar surface area (TPSA) is 97.4 Å². The van der Waals surface area contributed by atoms with Crippen LogP contribution in [0.2, 0.25) is 0 Å². The number of non-ortho nitro benzene ring substituents is 1. The minimum Gasteiger partial charge on any atom is -0.357 e. The van der Waals surface area contributed by atoms with Gasteiger partial charge in [-0.1, -0.05) is 12.1 Å². The molecule has 0 atom stereocenters. The van der Waals surface area contributed by atoms with Crippen LogP contribution in [0.25, 0.3) is 0 Å². The fourth-order valence-electron chi connectivity index (χ4n) is 2.53. The van der Waals surface area contributed by atoms with Gasteiger partial charge < -0.3 is 10.6 Å². The molecule has 0 aliphatic rings. The fourth-order valence-corrected chi connectivity index (χ4v) is 2.53. The van der Waals surface area contributed by atoms with Crippen LogP contribution >= 0.6 is 24.0 Å². The lowest BCUT2D eigenvalue weighted by atomic mass is 10.2. The monoisotopic (exact) mass is 472 g/mol. The largest absolute Gasteiger partial charge is 0.357 e. The molecule has 0 bridgehead atoms. The average Bonchev–Trinajstić information content (AvgIpc) is 2.83. The van der Waals surface area contributed by atoms with Gasteiger partial charge in [-0.2, -0.15) is 5.10 Å². The molecule has 1 aromatic heterocycles. The van der Waals surface area contributed by atoms with Gasteiger partial charge in [0, 0.05) is 43.5 Å². The molecule has 2 aromatic rings. The van der Waals surface area contributed by atoms with Crippen LogP contribution in [0.3, 0.4) is 0 Å². The van der Waals surface area contributed by atoms with Crippen LogP contribution in [0.15, 0.2) is 29.3 Å². The Bertz CT molecular complexity index is 788. The summed E-state index contributed by atoms with van der Waals surface area (Å²) >= 11 is 0. The van der Waals surface area contributed by atoms with Crippen molar-refractivity contribution in [1.82, 2.24) is 20.4 Å². The first-order chi connectivity index (χ1) is 11.9. The molecule has 0 saturated heterocycles. The van der Waals surface area contributed by atoms with Gasteiger partial charge in [-0.05, 0) is 26.3 Å². The lowest BCUT2D eigenvalue weighted by Gasteiger charge is -2.11. The smallest absolute Gasteiger partial charge is 0.269 e. The Kier molecular flexibility index (Phi) is 8.49. The number of aryl methyl sites for hydroxylation is 2. The summed E-state index contributed by atoms with van der Waals surface area (Å²) in [5.74, 6) is 0.664. The van der Waals surface area contributed by atoms with Gasteiger partial charge in [0.25, 0.3) is 5.69 Å². The number of benzene rings is 1. The van der Waals surface area contributed by atoms with Crippen LogP contribution < -0.4 is 10.6 Å². The van der Waals surface area contributed by atoms with Gasteiger partial charge in [-0.15, -0.1) is 24.0 Å². The lowest BCUT2D eigenvalue weighted by molar-refractivity contribution is -0.384. The first kappa shape index (κ1) is 21.9. The number of aliphatic imine (C=N–C) groups is 1. The van der Waals surface area contributed by atoms with Crippen molar-refractivity contribution in [3.05, 3.63) is 56.9 Å². The normalized spacial score (nSPS) is 11.0. The van der Waals surface area contributed by atoms with E-state index < -0.39 is 4.92 Å². The molecule has 0 aliphatic heterocycles. The van der Waals surface area contributed by atoms with Crippen LogP contribution in [-0.4, -0.2) is 27.2 Å². The molecule has 1 heterocycles. The summed E-state index contributed by atoms with van der Waals surface area (Å²) in [7, 11) is 1.92. The Morgan fingerprint density at radius 1 is 1.35 bits per heavy atom. The lowest BCUT2D eigenvalue weighted by Crippen LogP contribution is -2.37. The van der Waals surface area contributed by atoms with Gasteiger partial charge in [0.15, 0.2) is 5.96 Å². The van der Waals surface area contributed by atoms with Gasteiger partial charge in [0.2, 0.25) is 0 Å². The molecule has 1 aromatic carbocycles. The second-order valence-electron chi connectivity index (χ2n) is 5.75. The highest BCUT2D eigenvalue weighted by Gasteiger charge is 2.10. The molecule has 0 unspecified atom stereocenters. The van der Waals surface area contributed by atoms with Crippen LogP contribution in [-0.2, 0) is 20.1 Å². The Hall–Kier alpha value is -2.17. The molecular formula is C17H25IN6O2. The molecule has 8 nitrogen and oxygen atoms in total. The van der Waals surface area contributed by atoms with Gasteiger partial charge >= 0.3 is 0 Å². The summed E-state index contributed by atoms with van der Waals surface area (Å²) in [6.07, 6.45) is 0. The summed E-state index contributed by atoms with van der Waals surface area (Å²) < 4.78 is 1.86. The van der Waals surface area contributed by atoms with E-state index in [2.05, 4.69) is 20.7 Å². The summed E-state index contributed by atoms with van der Waals surface area (Å²) in [5, 5.41) is 21.7. The second kappa shape index (κ2) is 10.1. The zero-order valence-corrected chi connectivity index (χ0v) is 17.8. The summed E-state index contributed by atoms with van der Waals surface area (Å²) in [5.41, 5.74) is 4.11. The van der Waals surface area contributed by atoms with Crippen molar-refractivity contribution in [2.24, 2.45) is 12.0 Å². The minimum atomic E-state index is -0.398. The quantitative estimate of drug-likeness (QED) is 0.222. The molecule has 0 saturated carbocycles. The Labute approximate surface area is 170 Å². The third-order valence-electron chi connectivity index (χ3n) is 3.98. The number of guanidine groups is 1. The van der Waals surface area contributed by atoms with Crippen LogP contribution in [0.5, 0.6) is 0 Å². The van der Waals surface area contributed by atoms with Crippen molar-refractivity contribution >= 4 is 35.6 Å². The molecule has 2 N–H and O–H groups in total. The van der Waals surface area contributed by atoms with E-state index in [0.717, 1.165) is 29.1 Å². The number of halogens is 1. The van der Waals surface area contributed by atoms with E-state index in [9.17, 15) is 10.1 Å². The number of hydrogen-bond donors (Lipinski definition) is 2. The Morgan fingerprint density at radius 2 is 2.08 bits per heavy atom. The van der Waals surface area contributed by atoms with Gasteiger partial charge in [-0.25, -0.2) is 4.99 Å². The number of nitrogens with zero attached hydrogens (tertiary/aromatic N) is 4. The van der Waals surface area contributed by atoms with E-state index in [1.54, 1.807) is 12.1 Å². The Balaban J connectivity index is 0.00000338. The summed E-state index contributed by atoms with van der Waals surface area (Å²) in [6.45, 7) is 7.71. The van der Waals surface area contributed by atoms with Crippen molar-refractivity contribution in [3.63, 3.8) is 0 Å². The van der Waals surface area contributed by atoms with E-state index in [1.165, 1.54) is 6.07 Å². The van der Waals surface area contributed by atoms with Gasteiger partial charge in [0.05, 0.1) is 17.2 Å². The third-order valence-corrected chi connectivity index (χ3v) is 3.98. The van der Waals surface area contributed by atoms with E-state index in [4.69, 9.17) is 0 Å². The van der Waals surface area contributed by atoms with Gasteiger partial charge in [0.1, 0.15) is 0 Å². The standard InChI is InChI=1S/C17H24N6O2.HI/c1-5-18-17(20-11-16-12(2)21-22(4)13(16)3)19-10-14-7-6-8-15(9-14)23(24)25;/h6-9H,5,10-11H2,1-4H3,(H2,18,19,20);1H. The van der Waals surface area contributed by atoms with Crippen molar-refractivity contribution in [2.45, 2.75) is 33.9 Å². The molecule has 0 aliphatic carbocycles. The van der Waals surface area contributed by atoms with E-state index in [1.807, 2.05) is 38.6 Å². The molecular weight excluding hydrogens is 447 g/mol. The molecule has 9 heteroatoms. The van der Waals surface area contributed by atoms with Crippen LogP contribution in [0.1, 0.15) is 29.4 Å². The maximum absolute atomic E-state index is 10.9. The first-order valence-electron chi connectivity index (χ1n) is 8.17. The molecule has 0 fully saturated rings. The highest BCUT2D eigenvalue weighted by molar-refractivity contribution is 14.0. The SMILES string of the molecule is CCNC(=NCc1cccc([N+](=O)[O-])c1)NCc1c(C)nn(C)c1C.I. The van der Waals surface area contributed by atoms with E-state index in [0.29, 0.717) is 19.0 Å². The third kappa shape index (κ3) is 5.68. The maximum atomic E-state index is 10.9. The average molecular weight is 472 g/mol. The molecule has 0 radical (unpaired) electrons. The number of nitrogens with one attached hydrogen (secondary N) is 2. The van der Waals surface area contributed by atoms with E-state index in [-0.39, 0.29) is 29.7 Å². The minimum absolute atomic E-state index is 0. The second-order valence-corrected chi connectivity index (χ2v) is 5.75. The van der Waals surface area contributed by atoms with Crippen LogP contribution in [0, 0.1) is 24.0 Å². The van der Waals surface area contributed by atoms with Crippen molar-refractivity contribution < 1.29 is 4.92 Å². The number of rotatable bonds is 6. The summed E-state index contributed by atoms with van der Waals surface area (Å²) in [6, 6.07) is 6.52. The molecule has 0 amide bonds. The molecule has 0 spiro atoms. The predicted molar refractivity (Wildman–Crippen MR) is 113 cm³/mol. The molecule has 26 heavy (non-hydrogen) atoms.